The van der Waals surface area contributed by atoms with Crippen molar-refractivity contribution >= 4 is 29.0 Å². The maximum absolute atomic E-state index is 13.5. The Hall–Kier alpha value is -4.57. The zero-order chi connectivity index (χ0) is 27.6. The maximum Gasteiger partial charge on any atom is 0.455 e. The molecule has 1 N–H and O–H groups in total. The highest BCUT2D eigenvalue weighted by atomic mass is 35.5. The van der Waals surface area contributed by atoms with Gasteiger partial charge < -0.3 is 5.32 Å². The summed E-state index contributed by atoms with van der Waals surface area (Å²) in [7, 11) is 0. The molecule has 4 rings (SSSR count). The van der Waals surface area contributed by atoms with E-state index in [1.165, 1.54) is 22.9 Å². The topological polar surface area (TPSA) is 131 Å². The minimum Gasteiger partial charge on any atom is -0.320 e. The van der Waals surface area contributed by atoms with Crippen LogP contribution in [0, 0.1) is 18.3 Å². The first-order chi connectivity index (χ1) is 18.0. The van der Waals surface area contributed by atoms with E-state index in [0.717, 1.165) is 0 Å². The second-order valence-electron chi connectivity index (χ2n) is 8.08. The number of amides is 1. The molecule has 0 aliphatic rings. The van der Waals surface area contributed by atoms with Crippen molar-refractivity contribution in [1.82, 2.24) is 30.0 Å². The number of benzene rings is 2. The van der Waals surface area contributed by atoms with Gasteiger partial charge in [-0.2, -0.15) is 28.3 Å². The first-order valence-corrected chi connectivity index (χ1v) is 11.5. The highest BCUT2D eigenvalue weighted by Gasteiger charge is 2.37. The summed E-state index contributed by atoms with van der Waals surface area (Å²) < 4.78 is 39.9. The van der Waals surface area contributed by atoms with E-state index in [4.69, 9.17) is 11.6 Å². The Kier molecular flexibility index (Phi) is 7.27. The maximum atomic E-state index is 13.5. The minimum atomic E-state index is -4.77. The summed E-state index contributed by atoms with van der Waals surface area (Å²) in [5.41, 5.74) is 1.60. The van der Waals surface area contributed by atoms with E-state index in [1.807, 2.05) is 6.07 Å². The first-order valence-electron chi connectivity index (χ1n) is 11.1. The minimum absolute atomic E-state index is 0.0251. The number of para-hydroxylation sites is 1. The van der Waals surface area contributed by atoms with Gasteiger partial charge in [0.25, 0.3) is 11.7 Å². The van der Waals surface area contributed by atoms with Crippen molar-refractivity contribution in [2.24, 2.45) is 0 Å². The van der Waals surface area contributed by atoms with Gasteiger partial charge in [0.05, 0.1) is 33.7 Å². The molecule has 0 spiro atoms. The quantitative estimate of drug-likeness (QED) is 0.337. The number of ketones is 1. The Morgan fingerprint density at radius 1 is 1.16 bits per heavy atom. The van der Waals surface area contributed by atoms with Gasteiger partial charge in [-0.05, 0) is 48.0 Å². The van der Waals surface area contributed by atoms with Crippen LogP contribution >= 0.6 is 11.6 Å². The molecule has 2 aromatic carbocycles. The molecule has 0 unspecified atom stereocenters. The molecule has 0 fully saturated rings. The van der Waals surface area contributed by atoms with Crippen LogP contribution in [0.5, 0.6) is 0 Å². The summed E-state index contributed by atoms with van der Waals surface area (Å²) in [5, 5.41) is 26.3. The number of nitrogens with one attached hydrogen (secondary N) is 1. The summed E-state index contributed by atoms with van der Waals surface area (Å²) in [6.45, 7) is 2.98. The molecule has 0 aliphatic heterocycles. The fraction of sp³-hybridized carbons (Fsp3) is 0.208. The van der Waals surface area contributed by atoms with Crippen molar-refractivity contribution in [3.05, 3.63) is 81.4 Å². The third-order valence-corrected chi connectivity index (χ3v) is 5.73. The predicted octanol–water partition coefficient (Wildman–Crippen LogP) is 4.60. The van der Waals surface area contributed by atoms with Crippen LogP contribution in [-0.2, 0) is 12.7 Å². The zero-order valence-electron chi connectivity index (χ0n) is 19.9. The number of aromatic nitrogens is 6. The largest absolute Gasteiger partial charge is 0.455 e. The molecule has 0 aliphatic carbocycles. The number of tetrazole rings is 1. The molecule has 0 saturated carbocycles. The van der Waals surface area contributed by atoms with Crippen molar-refractivity contribution in [3.8, 4) is 11.8 Å². The van der Waals surface area contributed by atoms with Gasteiger partial charge in [-0.3, -0.25) is 9.59 Å². The number of halogens is 4. The molecular formula is C24H18ClF3N8O2. The SMILES string of the molecule is CCC(=O)c1cc(C#N)cc(C)c1NC(=O)c1cc(Cn2nnc(C(F)(F)F)n2)nn1-c1ccccc1Cl. The van der Waals surface area contributed by atoms with Crippen LogP contribution in [0.3, 0.4) is 0 Å². The number of aryl methyl sites for hydroxylation is 1. The van der Waals surface area contributed by atoms with E-state index in [-0.39, 0.29) is 52.0 Å². The second kappa shape index (κ2) is 10.4. The number of anilines is 1. The number of hydrogen-bond donors (Lipinski definition) is 1. The third-order valence-electron chi connectivity index (χ3n) is 5.41. The van der Waals surface area contributed by atoms with Crippen LogP contribution in [0.1, 0.15) is 56.8 Å². The van der Waals surface area contributed by atoms with Crippen molar-refractivity contribution < 1.29 is 22.8 Å². The molecule has 14 heteroatoms. The summed E-state index contributed by atoms with van der Waals surface area (Å²) in [4.78, 5) is 26.8. The number of Topliss-reactive ketones (excluding diaryl/α,β-unsaturated/α-hetero) is 1. The Morgan fingerprint density at radius 3 is 2.53 bits per heavy atom. The number of carbonyl (C=O) groups is 2. The predicted molar refractivity (Wildman–Crippen MR) is 129 cm³/mol. The van der Waals surface area contributed by atoms with Crippen molar-refractivity contribution in [2.75, 3.05) is 5.32 Å². The molecule has 4 aromatic rings. The molecule has 0 atom stereocenters. The number of nitriles is 1. The molecule has 10 nitrogen and oxygen atoms in total. The average molecular weight is 543 g/mol. The fourth-order valence-electron chi connectivity index (χ4n) is 3.65. The zero-order valence-corrected chi connectivity index (χ0v) is 20.7. The molecule has 0 radical (unpaired) electrons. The molecule has 38 heavy (non-hydrogen) atoms. The monoisotopic (exact) mass is 542 g/mol. The molecule has 1 amide bonds. The highest BCUT2D eigenvalue weighted by molar-refractivity contribution is 6.32. The molecule has 194 valence electrons. The van der Waals surface area contributed by atoms with Crippen LogP contribution in [-0.4, -0.2) is 41.7 Å². The highest BCUT2D eigenvalue weighted by Crippen LogP contribution is 2.28. The van der Waals surface area contributed by atoms with E-state index in [1.54, 1.807) is 38.1 Å². The number of carbonyl (C=O) groups excluding carboxylic acids is 2. The van der Waals surface area contributed by atoms with Gasteiger partial charge >= 0.3 is 6.18 Å². The van der Waals surface area contributed by atoms with Gasteiger partial charge in [-0.25, -0.2) is 4.68 Å². The molecule has 0 bridgehead atoms. The van der Waals surface area contributed by atoms with Gasteiger partial charge in [0.2, 0.25) is 0 Å². The van der Waals surface area contributed by atoms with Crippen LogP contribution < -0.4 is 5.32 Å². The van der Waals surface area contributed by atoms with Gasteiger partial charge in [-0.15, -0.1) is 10.2 Å². The van der Waals surface area contributed by atoms with Crippen LogP contribution in [0.2, 0.25) is 5.02 Å². The lowest BCUT2D eigenvalue weighted by atomic mass is 9.99. The summed E-state index contributed by atoms with van der Waals surface area (Å²) in [6, 6.07) is 12.8. The number of alkyl halides is 3. The average Bonchev–Trinajstić information content (AvgIpc) is 3.52. The molecule has 2 aromatic heterocycles. The van der Waals surface area contributed by atoms with Crippen molar-refractivity contribution in [2.45, 2.75) is 33.0 Å². The Labute approximate surface area is 218 Å². The third kappa shape index (κ3) is 5.40. The molecule has 0 saturated heterocycles. The second-order valence-corrected chi connectivity index (χ2v) is 8.49. The Bertz CT molecular complexity index is 1590. The lowest BCUT2D eigenvalue weighted by Gasteiger charge is -2.15. The Balaban J connectivity index is 1.76. The normalized spacial score (nSPS) is 11.3. The standard InChI is InChI=1S/C24H18ClF3N8O2/c1-3-20(37)16-9-14(11-29)8-13(2)21(16)30-22(38)19-10-15(12-35-33-23(31-34-35)24(26,27)28)32-36(19)18-7-5-4-6-17(18)25/h4-10H,3,12H2,1-2H3,(H,30,38). The van der Waals surface area contributed by atoms with Crippen LogP contribution in [0.4, 0.5) is 18.9 Å². The number of rotatable bonds is 7. The van der Waals surface area contributed by atoms with E-state index in [9.17, 15) is 28.0 Å². The lowest BCUT2D eigenvalue weighted by Crippen LogP contribution is -2.19. The van der Waals surface area contributed by atoms with E-state index in [2.05, 4.69) is 25.8 Å². The number of nitrogens with zero attached hydrogens (tertiary/aromatic N) is 7. The Morgan fingerprint density at radius 2 is 1.89 bits per heavy atom. The number of hydrogen-bond acceptors (Lipinski definition) is 7. The summed E-state index contributed by atoms with van der Waals surface area (Å²) in [6.07, 6.45) is -4.63. The van der Waals surface area contributed by atoms with Crippen LogP contribution in [0.25, 0.3) is 5.69 Å². The van der Waals surface area contributed by atoms with E-state index >= 15 is 0 Å². The van der Waals surface area contributed by atoms with E-state index in [0.29, 0.717) is 16.0 Å². The van der Waals surface area contributed by atoms with Crippen LogP contribution in [0.15, 0.2) is 42.5 Å². The van der Waals surface area contributed by atoms with Gasteiger partial charge in [-0.1, -0.05) is 30.7 Å². The van der Waals surface area contributed by atoms with Crippen molar-refractivity contribution in [3.63, 3.8) is 0 Å². The molecule has 2 heterocycles. The summed E-state index contributed by atoms with van der Waals surface area (Å²) in [5.74, 6) is -2.37. The fourth-order valence-corrected chi connectivity index (χ4v) is 3.87. The van der Waals surface area contributed by atoms with Crippen molar-refractivity contribution in [1.29, 1.82) is 5.26 Å². The summed E-state index contributed by atoms with van der Waals surface area (Å²) >= 11 is 6.33. The first kappa shape index (κ1) is 26.5. The lowest BCUT2D eigenvalue weighted by molar-refractivity contribution is -0.145. The molecular weight excluding hydrogens is 525 g/mol. The van der Waals surface area contributed by atoms with Gasteiger partial charge in [0.1, 0.15) is 12.2 Å². The van der Waals surface area contributed by atoms with Gasteiger partial charge in [0.15, 0.2) is 5.78 Å². The smallest absolute Gasteiger partial charge is 0.320 e. The van der Waals surface area contributed by atoms with E-state index < -0.39 is 17.9 Å². The van der Waals surface area contributed by atoms with Gasteiger partial charge in [0, 0.05) is 12.0 Å².